The number of benzene rings is 1. The molecule has 0 heterocycles. The summed E-state index contributed by atoms with van der Waals surface area (Å²) in [6.07, 6.45) is 5.43. The first-order valence-corrected chi connectivity index (χ1v) is 6.48. The average Bonchev–Trinajstić information content (AvgIpc) is 2.28. The maximum Gasteiger partial charge on any atom is 0.160 e. The molecule has 0 amide bonds. The fourth-order valence-corrected chi connectivity index (χ4v) is 2.24. The fraction of sp³-hybridized carbons (Fsp3) is 0.500. The Morgan fingerprint density at radius 3 is 2.59 bits per heavy atom. The topological polar surface area (TPSA) is 17.1 Å². The van der Waals surface area contributed by atoms with E-state index in [2.05, 4.69) is 33.3 Å². The fourth-order valence-electron chi connectivity index (χ4n) is 2.24. The van der Waals surface area contributed by atoms with Crippen molar-refractivity contribution in [2.75, 3.05) is 0 Å². The summed E-state index contributed by atoms with van der Waals surface area (Å²) in [5, 5.41) is 0. The molecule has 1 rings (SSSR count). The van der Waals surface area contributed by atoms with Crippen LogP contribution in [-0.2, 0) is 6.42 Å². The van der Waals surface area contributed by atoms with E-state index in [1.807, 2.05) is 12.1 Å². The zero-order valence-electron chi connectivity index (χ0n) is 11.4. The lowest BCUT2D eigenvalue weighted by molar-refractivity contribution is 0.101. The molecule has 0 fully saturated rings. The number of unbranched alkanes of at least 4 members (excludes halogenated alkanes) is 2. The lowest BCUT2D eigenvalue weighted by atomic mass is 9.89. The monoisotopic (exact) mass is 231 g/mol. The van der Waals surface area contributed by atoms with Crippen LogP contribution in [0.2, 0.25) is 0 Å². The summed E-state index contributed by atoms with van der Waals surface area (Å²) in [7, 11) is 0. The van der Waals surface area contributed by atoms with Crippen molar-refractivity contribution in [3.05, 3.63) is 41.3 Å². The number of hydrogen-bond donors (Lipinski definition) is 0. The van der Waals surface area contributed by atoms with Gasteiger partial charge in [-0.05, 0) is 43.2 Å². The number of rotatable bonds is 6. The summed E-state index contributed by atoms with van der Waals surface area (Å²) in [5.74, 6) is 0.665. The predicted molar refractivity (Wildman–Crippen MR) is 73.4 cm³/mol. The summed E-state index contributed by atoms with van der Waals surface area (Å²) in [5.41, 5.74) is 3.50. The molecule has 1 radical (unpaired) electrons. The molecule has 1 aromatic rings. The predicted octanol–water partition coefficient (Wildman–Crippen LogP) is 4.56. The van der Waals surface area contributed by atoms with Gasteiger partial charge in [-0.1, -0.05) is 45.4 Å². The summed E-state index contributed by atoms with van der Waals surface area (Å²) in [4.78, 5) is 11.7. The van der Waals surface area contributed by atoms with Crippen molar-refractivity contribution in [1.29, 1.82) is 0 Å². The molecule has 0 N–H and O–H groups in total. The maximum absolute atomic E-state index is 11.7. The minimum Gasteiger partial charge on any atom is -0.295 e. The third-order valence-electron chi connectivity index (χ3n) is 3.13. The average molecular weight is 231 g/mol. The molecule has 0 saturated carbocycles. The van der Waals surface area contributed by atoms with Gasteiger partial charge in [0, 0.05) is 5.56 Å². The van der Waals surface area contributed by atoms with E-state index in [0.29, 0.717) is 5.92 Å². The first-order chi connectivity index (χ1) is 8.07. The molecule has 1 nitrogen and oxygen atoms in total. The van der Waals surface area contributed by atoms with E-state index in [0.717, 1.165) is 24.8 Å². The van der Waals surface area contributed by atoms with Gasteiger partial charge in [0.15, 0.2) is 5.78 Å². The zero-order chi connectivity index (χ0) is 12.8. The Bertz CT molecular complexity index is 377. The highest BCUT2D eigenvalue weighted by atomic mass is 16.1. The van der Waals surface area contributed by atoms with Crippen molar-refractivity contribution in [1.82, 2.24) is 0 Å². The number of carbonyl (C=O) groups excluding carboxylic acids is 1. The third kappa shape index (κ3) is 3.69. The van der Waals surface area contributed by atoms with Crippen LogP contribution in [0.3, 0.4) is 0 Å². The van der Waals surface area contributed by atoms with Crippen LogP contribution in [-0.4, -0.2) is 5.78 Å². The van der Waals surface area contributed by atoms with Gasteiger partial charge >= 0.3 is 0 Å². The highest BCUT2D eigenvalue weighted by molar-refractivity contribution is 5.95. The standard InChI is InChI=1S/C16H23O/c1-5-6-7-9-16-14(12(2)3)10-8-11-15(16)13(4)17/h5,8,10-12H,6-7,9H2,1-4H3. The normalized spacial score (nSPS) is 10.9. The first kappa shape index (κ1) is 14.0. The van der Waals surface area contributed by atoms with Gasteiger partial charge in [-0.2, -0.15) is 0 Å². The Hall–Kier alpha value is -1.11. The molecule has 1 aromatic carbocycles. The summed E-state index contributed by atoms with van der Waals surface area (Å²) < 4.78 is 0. The molecule has 1 heteroatoms. The molecule has 0 aliphatic carbocycles. The molecule has 0 saturated heterocycles. The van der Waals surface area contributed by atoms with Gasteiger partial charge in [0.25, 0.3) is 0 Å². The summed E-state index contributed by atoms with van der Waals surface area (Å²) >= 11 is 0. The van der Waals surface area contributed by atoms with Crippen LogP contribution >= 0.6 is 0 Å². The van der Waals surface area contributed by atoms with Crippen molar-refractivity contribution in [2.45, 2.75) is 52.9 Å². The first-order valence-electron chi connectivity index (χ1n) is 6.48. The van der Waals surface area contributed by atoms with Crippen LogP contribution in [0, 0.1) is 6.42 Å². The molecular weight excluding hydrogens is 208 g/mol. The minimum atomic E-state index is 0.183. The largest absolute Gasteiger partial charge is 0.295 e. The second-order valence-electron chi connectivity index (χ2n) is 4.88. The molecule has 0 aliphatic heterocycles. The SMILES string of the molecule is C[CH]CCCc1c(C(C)=O)cccc1C(C)C. The second-order valence-corrected chi connectivity index (χ2v) is 4.88. The van der Waals surface area contributed by atoms with Crippen LogP contribution in [0.5, 0.6) is 0 Å². The van der Waals surface area contributed by atoms with Crippen molar-refractivity contribution >= 4 is 5.78 Å². The van der Waals surface area contributed by atoms with Gasteiger partial charge < -0.3 is 0 Å². The number of ketones is 1. The second kappa shape index (κ2) is 6.58. The van der Waals surface area contributed by atoms with Crippen LogP contribution in [0.25, 0.3) is 0 Å². The van der Waals surface area contributed by atoms with Crippen molar-refractivity contribution in [3.8, 4) is 0 Å². The van der Waals surface area contributed by atoms with Crippen molar-refractivity contribution in [3.63, 3.8) is 0 Å². The van der Waals surface area contributed by atoms with E-state index in [1.54, 1.807) is 6.92 Å². The highest BCUT2D eigenvalue weighted by Crippen LogP contribution is 2.25. The zero-order valence-corrected chi connectivity index (χ0v) is 11.4. The van der Waals surface area contributed by atoms with Gasteiger partial charge in [0.2, 0.25) is 0 Å². The maximum atomic E-state index is 11.7. The van der Waals surface area contributed by atoms with Crippen LogP contribution in [0.4, 0.5) is 0 Å². The van der Waals surface area contributed by atoms with Crippen molar-refractivity contribution < 1.29 is 4.79 Å². The molecule has 0 spiro atoms. The van der Waals surface area contributed by atoms with Crippen molar-refractivity contribution in [2.24, 2.45) is 0 Å². The Morgan fingerprint density at radius 1 is 1.35 bits per heavy atom. The van der Waals surface area contributed by atoms with Gasteiger partial charge in [-0.25, -0.2) is 0 Å². The van der Waals surface area contributed by atoms with Crippen LogP contribution in [0.15, 0.2) is 18.2 Å². The quantitative estimate of drug-likeness (QED) is 0.518. The van der Waals surface area contributed by atoms with E-state index < -0.39 is 0 Å². The van der Waals surface area contributed by atoms with E-state index in [4.69, 9.17) is 0 Å². The van der Waals surface area contributed by atoms with E-state index in [-0.39, 0.29) is 5.78 Å². The molecule has 17 heavy (non-hydrogen) atoms. The smallest absolute Gasteiger partial charge is 0.160 e. The van der Waals surface area contributed by atoms with Gasteiger partial charge in [0.1, 0.15) is 0 Å². The minimum absolute atomic E-state index is 0.183. The van der Waals surface area contributed by atoms with Gasteiger partial charge in [-0.3, -0.25) is 4.79 Å². The Morgan fingerprint density at radius 2 is 2.06 bits per heavy atom. The lowest BCUT2D eigenvalue weighted by Crippen LogP contribution is -2.05. The molecule has 0 unspecified atom stereocenters. The Labute approximate surface area is 105 Å². The van der Waals surface area contributed by atoms with Gasteiger partial charge in [-0.15, -0.1) is 0 Å². The Kier molecular flexibility index (Phi) is 5.40. The number of hydrogen-bond acceptors (Lipinski definition) is 1. The highest BCUT2D eigenvalue weighted by Gasteiger charge is 2.13. The Balaban J connectivity index is 3.05. The molecular formula is C16H23O. The van der Waals surface area contributed by atoms with E-state index in [9.17, 15) is 4.79 Å². The molecule has 93 valence electrons. The van der Waals surface area contributed by atoms with E-state index in [1.165, 1.54) is 11.1 Å². The summed E-state index contributed by atoms with van der Waals surface area (Å²) in [6, 6.07) is 6.11. The van der Waals surface area contributed by atoms with Crippen LogP contribution in [0.1, 0.15) is 67.9 Å². The summed E-state index contributed by atoms with van der Waals surface area (Å²) in [6.45, 7) is 8.12. The molecule has 0 bridgehead atoms. The molecule has 0 aliphatic rings. The lowest BCUT2D eigenvalue weighted by Gasteiger charge is -2.16. The van der Waals surface area contributed by atoms with Crippen LogP contribution < -0.4 is 0 Å². The number of carbonyl (C=O) groups is 1. The molecule has 0 aromatic heterocycles. The van der Waals surface area contributed by atoms with Gasteiger partial charge in [0.05, 0.1) is 0 Å². The number of Topliss-reactive ketones (excluding diaryl/α,β-unsaturated/α-hetero) is 1. The van der Waals surface area contributed by atoms with E-state index >= 15 is 0 Å². The molecule has 0 atom stereocenters. The third-order valence-corrected chi connectivity index (χ3v) is 3.13.